The van der Waals surface area contributed by atoms with E-state index < -0.39 is 9.84 Å². The summed E-state index contributed by atoms with van der Waals surface area (Å²) in [4.78, 5) is 2.44. The molecule has 0 amide bonds. The lowest BCUT2D eigenvalue weighted by atomic mass is 9.96. The Kier molecular flexibility index (Phi) is 5.74. The molecular formula is C15H26N2O2S. The number of nitrogens with zero attached hydrogens (tertiary/aromatic N) is 1. The van der Waals surface area contributed by atoms with E-state index in [0.717, 1.165) is 12.1 Å². The van der Waals surface area contributed by atoms with Crippen LogP contribution < -0.4 is 5.73 Å². The average molecular weight is 298 g/mol. The van der Waals surface area contributed by atoms with Crippen molar-refractivity contribution in [1.82, 2.24) is 4.90 Å². The highest BCUT2D eigenvalue weighted by atomic mass is 32.2. The molecule has 0 radical (unpaired) electrons. The van der Waals surface area contributed by atoms with Crippen LogP contribution in [0, 0.1) is 5.41 Å². The van der Waals surface area contributed by atoms with Crippen LogP contribution in [0.4, 0.5) is 0 Å². The van der Waals surface area contributed by atoms with Crippen LogP contribution in [0.3, 0.4) is 0 Å². The van der Waals surface area contributed by atoms with Crippen molar-refractivity contribution >= 4 is 9.84 Å². The zero-order valence-corrected chi connectivity index (χ0v) is 13.7. The van der Waals surface area contributed by atoms with E-state index >= 15 is 0 Å². The van der Waals surface area contributed by atoms with Crippen LogP contribution in [-0.4, -0.2) is 39.2 Å². The second-order valence-corrected chi connectivity index (χ2v) is 8.57. The Morgan fingerprint density at radius 2 is 1.70 bits per heavy atom. The molecule has 1 aromatic rings. The molecule has 0 saturated carbocycles. The van der Waals surface area contributed by atoms with Crippen LogP contribution in [0.25, 0.3) is 0 Å². The molecule has 0 aliphatic rings. The van der Waals surface area contributed by atoms with Gasteiger partial charge in [0.05, 0.1) is 10.6 Å². The Balaban J connectivity index is 2.65. The minimum atomic E-state index is -3.22. The van der Waals surface area contributed by atoms with Gasteiger partial charge in [-0.25, -0.2) is 8.42 Å². The summed E-state index contributed by atoms with van der Waals surface area (Å²) >= 11 is 0. The maximum atomic E-state index is 12.2. The maximum absolute atomic E-state index is 12.2. The first-order valence-corrected chi connectivity index (χ1v) is 8.49. The van der Waals surface area contributed by atoms with Crippen molar-refractivity contribution in [3.05, 3.63) is 29.8 Å². The molecule has 0 unspecified atom stereocenters. The molecular weight excluding hydrogens is 272 g/mol. The van der Waals surface area contributed by atoms with Gasteiger partial charge in [-0.1, -0.05) is 32.9 Å². The Bertz CT molecular complexity index is 516. The summed E-state index contributed by atoms with van der Waals surface area (Å²) in [6.07, 6.45) is 0. The van der Waals surface area contributed by atoms with Gasteiger partial charge in [0.1, 0.15) is 0 Å². The first kappa shape index (κ1) is 17.1. The smallest absolute Gasteiger partial charge is 0.179 e. The summed E-state index contributed by atoms with van der Waals surface area (Å²) in [7, 11) is -1.26. The third kappa shape index (κ3) is 5.61. The van der Waals surface area contributed by atoms with Crippen LogP contribution >= 0.6 is 0 Å². The highest BCUT2D eigenvalue weighted by Gasteiger charge is 2.18. The zero-order chi connectivity index (χ0) is 15.4. The number of benzene rings is 1. The predicted octanol–water partition coefficient (Wildman–Crippen LogP) is 1.90. The summed E-state index contributed by atoms with van der Waals surface area (Å²) in [6.45, 7) is 8.26. The molecule has 0 aromatic heterocycles. The number of nitrogens with two attached hydrogens (primary N) is 1. The van der Waals surface area contributed by atoms with E-state index in [9.17, 15) is 8.42 Å². The van der Waals surface area contributed by atoms with E-state index in [0.29, 0.717) is 18.0 Å². The molecule has 1 aromatic carbocycles. The molecule has 114 valence electrons. The molecule has 0 saturated heterocycles. The Morgan fingerprint density at radius 1 is 1.15 bits per heavy atom. The molecule has 0 heterocycles. The fraction of sp³-hybridized carbons (Fsp3) is 0.600. The molecule has 4 nitrogen and oxygen atoms in total. The van der Waals surface area contributed by atoms with Gasteiger partial charge in [0.2, 0.25) is 0 Å². The standard InChI is InChI=1S/C15H26N2O2S/c1-15(2,3)12-17(4)9-10-20(18,19)14-7-5-13(11-16)6-8-14/h5-8H,9-12,16H2,1-4H3. The van der Waals surface area contributed by atoms with Crippen molar-refractivity contribution in [2.24, 2.45) is 11.1 Å². The van der Waals surface area contributed by atoms with Crippen molar-refractivity contribution in [3.8, 4) is 0 Å². The van der Waals surface area contributed by atoms with Gasteiger partial charge in [0, 0.05) is 19.6 Å². The second kappa shape index (κ2) is 6.70. The van der Waals surface area contributed by atoms with Crippen LogP contribution in [0.2, 0.25) is 0 Å². The van der Waals surface area contributed by atoms with E-state index in [-0.39, 0.29) is 11.2 Å². The summed E-state index contributed by atoms with van der Waals surface area (Å²) < 4.78 is 24.5. The molecule has 1 rings (SSSR count). The molecule has 5 heteroatoms. The van der Waals surface area contributed by atoms with Crippen molar-refractivity contribution in [2.45, 2.75) is 32.2 Å². The van der Waals surface area contributed by atoms with Crippen LogP contribution in [-0.2, 0) is 16.4 Å². The summed E-state index contributed by atoms with van der Waals surface area (Å²) in [5.74, 6) is 0.140. The molecule has 0 atom stereocenters. The number of hydrogen-bond acceptors (Lipinski definition) is 4. The average Bonchev–Trinajstić information content (AvgIpc) is 2.35. The van der Waals surface area contributed by atoms with E-state index in [1.54, 1.807) is 24.3 Å². The third-order valence-corrected chi connectivity index (χ3v) is 4.71. The quantitative estimate of drug-likeness (QED) is 0.871. The van der Waals surface area contributed by atoms with Crippen LogP contribution in [0.5, 0.6) is 0 Å². The monoisotopic (exact) mass is 298 g/mol. The van der Waals surface area contributed by atoms with Gasteiger partial charge in [-0.15, -0.1) is 0 Å². The largest absolute Gasteiger partial charge is 0.326 e. The highest BCUT2D eigenvalue weighted by Crippen LogP contribution is 2.16. The number of sulfone groups is 1. The minimum absolute atomic E-state index is 0.140. The summed E-state index contributed by atoms with van der Waals surface area (Å²) in [5, 5.41) is 0. The predicted molar refractivity (Wildman–Crippen MR) is 83.3 cm³/mol. The molecule has 0 aliphatic heterocycles. The first-order chi connectivity index (χ1) is 9.14. The lowest BCUT2D eigenvalue weighted by Crippen LogP contribution is -2.33. The topological polar surface area (TPSA) is 63.4 Å². The zero-order valence-electron chi connectivity index (χ0n) is 12.9. The number of hydrogen-bond donors (Lipinski definition) is 1. The minimum Gasteiger partial charge on any atom is -0.326 e. The Morgan fingerprint density at radius 3 is 2.15 bits per heavy atom. The lowest BCUT2D eigenvalue weighted by Gasteiger charge is -2.26. The van der Waals surface area contributed by atoms with Gasteiger partial charge in [-0.2, -0.15) is 0 Å². The third-order valence-electron chi connectivity index (χ3n) is 3.00. The van der Waals surface area contributed by atoms with Crippen molar-refractivity contribution in [1.29, 1.82) is 0 Å². The van der Waals surface area contributed by atoms with Gasteiger partial charge in [-0.3, -0.25) is 0 Å². The molecule has 0 bridgehead atoms. The molecule has 2 N–H and O–H groups in total. The van der Waals surface area contributed by atoms with Gasteiger partial charge in [0.15, 0.2) is 9.84 Å². The summed E-state index contributed by atoms with van der Waals surface area (Å²) in [6, 6.07) is 6.82. The number of rotatable bonds is 6. The second-order valence-electron chi connectivity index (χ2n) is 6.47. The van der Waals surface area contributed by atoms with Crippen LogP contribution in [0.15, 0.2) is 29.2 Å². The fourth-order valence-electron chi connectivity index (χ4n) is 2.12. The van der Waals surface area contributed by atoms with Gasteiger partial charge < -0.3 is 10.6 Å². The van der Waals surface area contributed by atoms with E-state index in [1.807, 2.05) is 7.05 Å². The van der Waals surface area contributed by atoms with Crippen molar-refractivity contribution in [3.63, 3.8) is 0 Å². The van der Waals surface area contributed by atoms with Gasteiger partial charge >= 0.3 is 0 Å². The Labute approximate surface area is 122 Å². The lowest BCUT2D eigenvalue weighted by molar-refractivity contribution is 0.236. The van der Waals surface area contributed by atoms with E-state index in [2.05, 4.69) is 25.7 Å². The van der Waals surface area contributed by atoms with Crippen LogP contribution in [0.1, 0.15) is 26.3 Å². The molecule has 20 heavy (non-hydrogen) atoms. The SMILES string of the molecule is CN(CCS(=O)(=O)c1ccc(CN)cc1)CC(C)(C)C. The fourth-order valence-corrected chi connectivity index (χ4v) is 3.45. The van der Waals surface area contributed by atoms with Gasteiger partial charge in [-0.05, 0) is 30.2 Å². The van der Waals surface area contributed by atoms with Crippen molar-refractivity contribution < 1.29 is 8.42 Å². The molecule has 0 spiro atoms. The van der Waals surface area contributed by atoms with E-state index in [4.69, 9.17) is 5.73 Å². The maximum Gasteiger partial charge on any atom is 0.179 e. The van der Waals surface area contributed by atoms with Crippen molar-refractivity contribution in [2.75, 3.05) is 25.9 Å². The highest BCUT2D eigenvalue weighted by molar-refractivity contribution is 7.91. The summed E-state index contributed by atoms with van der Waals surface area (Å²) in [5.41, 5.74) is 6.62. The normalized spacial score (nSPS) is 12.9. The van der Waals surface area contributed by atoms with E-state index in [1.165, 1.54) is 0 Å². The first-order valence-electron chi connectivity index (χ1n) is 6.84. The van der Waals surface area contributed by atoms with Gasteiger partial charge in [0.25, 0.3) is 0 Å². The Hall–Kier alpha value is -0.910. The molecule has 0 fully saturated rings. The molecule has 0 aliphatic carbocycles.